The molecule has 38 heavy (non-hydrogen) atoms. The first-order chi connectivity index (χ1) is 18.9. The van der Waals surface area contributed by atoms with Gasteiger partial charge in [-0.25, -0.2) is 0 Å². The van der Waals surface area contributed by atoms with Crippen LogP contribution in [-0.2, 0) is 0 Å². The quantitative estimate of drug-likeness (QED) is 0.268. The zero-order valence-corrected chi connectivity index (χ0v) is 26.2. The molecule has 6 fully saturated rings. The summed E-state index contributed by atoms with van der Waals surface area (Å²) in [7, 11) is 0.467. The van der Waals surface area contributed by atoms with Crippen molar-refractivity contribution in [2.75, 3.05) is 0 Å². The van der Waals surface area contributed by atoms with Crippen LogP contribution in [-0.4, -0.2) is 14.6 Å². The maximum Gasteiger partial charge on any atom is -0.0106 e. The summed E-state index contributed by atoms with van der Waals surface area (Å²) >= 11 is 0. The molecule has 0 amide bonds. The lowest BCUT2D eigenvalue weighted by Gasteiger charge is -2.51. The molecular formula is C37H64S. The van der Waals surface area contributed by atoms with Crippen molar-refractivity contribution in [1.82, 2.24) is 0 Å². The van der Waals surface area contributed by atoms with Gasteiger partial charge in [0.05, 0.1) is 0 Å². The molecule has 0 aromatic rings. The minimum absolute atomic E-state index is 0.467. The molecule has 6 aliphatic carbocycles. The van der Waals surface area contributed by atoms with Crippen LogP contribution >= 0.6 is 9.66 Å². The van der Waals surface area contributed by atoms with E-state index >= 15 is 0 Å². The molecule has 0 aromatic carbocycles. The average molecular weight is 541 g/mol. The predicted molar refractivity (Wildman–Crippen MR) is 175 cm³/mol. The zero-order valence-electron chi connectivity index (χ0n) is 25.4. The summed E-state index contributed by atoms with van der Waals surface area (Å²) in [5, 5.41) is 0. The Kier molecular flexibility index (Phi) is 12.6. The van der Waals surface area contributed by atoms with Crippen LogP contribution in [0.3, 0.4) is 0 Å². The minimum atomic E-state index is 0.467. The number of rotatable bonds is 0. The Morgan fingerprint density at radius 2 is 0.579 bits per heavy atom. The SMILES string of the molecule is C1CCCCCCCC(=S(=C2CCCCCCCCCCC2)=C2C3CC4CC(C3)CC2C4)CCCCCC1. The third-order valence-electron chi connectivity index (χ3n) is 11.3. The van der Waals surface area contributed by atoms with E-state index in [1.165, 1.54) is 161 Å². The smallest absolute Gasteiger partial charge is 0.0106 e. The Labute approximate surface area is 240 Å². The summed E-state index contributed by atoms with van der Waals surface area (Å²) in [4.78, 5) is 6.39. The van der Waals surface area contributed by atoms with E-state index in [1.54, 1.807) is 32.1 Å². The normalized spacial score (nSPS) is 33.6. The topological polar surface area (TPSA) is 0 Å². The zero-order chi connectivity index (χ0) is 25.8. The van der Waals surface area contributed by atoms with Crippen LogP contribution in [0.15, 0.2) is 0 Å². The molecule has 6 saturated carbocycles. The van der Waals surface area contributed by atoms with Gasteiger partial charge in [0.2, 0.25) is 0 Å². The molecule has 0 N–H and O–H groups in total. The second-order valence-corrected chi connectivity index (χ2v) is 16.8. The molecule has 4 bridgehead atoms. The van der Waals surface area contributed by atoms with Crippen LogP contribution in [0.5, 0.6) is 0 Å². The van der Waals surface area contributed by atoms with Gasteiger partial charge in [-0.2, -0.15) is 9.66 Å². The van der Waals surface area contributed by atoms with Crippen molar-refractivity contribution in [3.05, 3.63) is 0 Å². The van der Waals surface area contributed by atoms with Crippen molar-refractivity contribution >= 4 is 24.3 Å². The average Bonchev–Trinajstić information content (AvgIpc) is 2.91. The van der Waals surface area contributed by atoms with Crippen molar-refractivity contribution in [3.63, 3.8) is 0 Å². The maximum absolute atomic E-state index is 2.19. The van der Waals surface area contributed by atoms with Gasteiger partial charge in [0.15, 0.2) is 0 Å². The van der Waals surface area contributed by atoms with Crippen LogP contribution in [0.1, 0.15) is 193 Å². The summed E-state index contributed by atoms with van der Waals surface area (Å²) in [5.74, 6) is 4.25. The van der Waals surface area contributed by atoms with E-state index in [4.69, 9.17) is 0 Å². The lowest BCUT2D eigenvalue weighted by atomic mass is 9.56. The summed E-state index contributed by atoms with van der Waals surface area (Å²) < 4.78 is 0. The fraction of sp³-hybridized carbons (Fsp3) is 0.919. The van der Waals surface area contributed by atoms with Gasteiger partial charge in [-0.05, 0) is 122 Å². The highest BCUT2D eigenvalue weighted by Crippen LogP contribution is 2.53. The third kappa shape index (κ3) is 8.66. The van der Waals surface area contributed by atoms with Crippen LogP contribution in [0, 0.1) is 23.7 Å². The van der Waals surface area contributed by atoms with E-state index in [0.29, 0.717) is 9.66 Å². The van der Waals surface area contributed by atoms with E-state index in [0.717, 1.165) is 23.7 Å². The van der Waals surface area contributed by atoms with Crippen molar-refractivity contribution in [3.8, 4) is 0 Å². The largest absolute Gasteiger partial charge is 0.199 e. The van der Waals surface area contributed by atoms with Gasteiger partial charge in [0, 0.05) is 0 Å². The molecule has 0 nitrogen and oxygen atoms in total. The van der Waals surface area contributed by atoms with Crippen LogP contribution in [0.2, 0.25) is 0 Å². The number of hydrogen-bond donors (Lipinski definition) is 0. The number of hydrogen-bond acceptors (Lipinski definition) is 0. The highest BCUT2D eigenvalue weighted by Gasteiger charge is 2.45. The Balaban J connectivity index is 1.51. The van der Waals surface area contributed by atoms with Crippen molar-refractivity contribution < 1.29 is 0 Å². The van der Waals surface area contributed by atoms with Crippen LogP contribution in [0.25, 0.3) is 0 Å². The molecule has 0 unspecified atom stereocenters. The van der Waals surface area contributed by atoms with Gasteiger partial charge >= 0.3 is 0 Å². The van der Waals surface area contributed by atoms with Gasteiger partial charge < -0.3 is 0 Å². The molecule has 6 rings (SSSR count). The standard InChI is InChI=1S/C37H64S/c1-2-4-7-11-15-19-23-35(22-18-14-10-6-3-1)38(36-24-20-16-12-8-5-9-13-17-21-25-36)37-33-27-31-26-32(29-33)30-34(37)28-31/h31-34H,1-30H2. The van der Waals surface area contributed by atoms with Gasteiger partial charge in [0.25, 0.3) is 0 Å². The Hall–Kier alpha value is -0.170. The fourth-order valence-corrected chi connectivity index (χ4v) is 13.0. The van der Waals surface area contributed by atoms with E-state index < -0.39 is 0 Å². The molecular weight excluding hydrogens is 476 g/mol. The lowest BCUT2D eigenvalue weighted by molar-refractivity contribution is 0.112. The Morgan fingerprint density at radius 1 is 0.316 bits per heavy atom. The highest BCUT2D eigenvalue weighted by molar-refractivity contribution is 8.14. The van der Waals surface area contributed by atoms with Crippen molar-refractivity contribution in [2.45, 2.75) is 193 Å². The molecule has 0 aliphatic heterocycles. The molecule has 6 aliphatic rings. The first-order valence-electron chi connectivity index (χ1n) is 18.2. The lowest BCUT2D eigenvalue weighted by Crippen LogP contribution is -2.45. The van der Waals surface area contributed by atoms with Crippen molar-refractivity contribution in [2.24, 2.45) is 23.7 Å². The predicted octanol–water partition coefficient (Wildman–Crippen LogP) is 12.0. The second-order valence-electron chi connectivity index (χ2n) is 14.5. The van der Waals surface area contributed by atoms with Crippen LogP contribution < -0.4 is 0 Å². The Bertz CT molecular complexity index is 795. The van der Waals surface area contributed by atoms with Crippen molar-refractivity contribution in [1.29, 1.82) is 0 Å². The van der Waals surface area contributed by atoms with Gasteiger partial charge in [-0.15, -0.1) is 0 Å². The molecule has 218 valence electrons. The second kappa shape index (κ2) is 16.3. The van der Waals surface area contributed by atoms with Gasteiger partial charge in [0.1, 0.15) is 0 Å². The minimum Gasteiger partial charge on any atom is -0.199 e. The molecule has 1 heteroatoms. The molecule has 0 aromatic heterocycles. The molecule has 0 heterocycles. The van der Waals surface area contributed by atoms with E-state index in [-0.39, 0.29) is 0 Å². The Morgan fingerprint density at radius 3 is 0.868 bits per heavy atom. The molecule has 0 atom stereocenters. The highest BCUT2D eigenvalue weighted by atomic mass is 32.1. The summed E-state index contributed by atoms with van der Waals surface area (Å²) in [6.45, 7) is 0. The molecule has 0 radical (unpaired) electrons. The third-order valence-corrected chi connectivity index (χ3v) is 14.4. The van der Waals surface area contributed by atoms with Crippen LogP contribution in [0.4, 0.5) is 0 Å². The summed E-state index contributed by atoms with van der Waals surface area (Å²) in [6.07, 6.45) is 45.5. The van der Waals surface area contributed by atoms with E-state index in [2.05, 4.69) is 14.6 Å². The summed E-state index contributed by atoms with van der Waals surface area (Å²) in [6, 6.07) is 0. The summed E-state index contributed by atoms with van der Waals surface area (Å²) in [5.41, 5.74) is 0. The monoisotopic (exact) mass is 540 g/mol. The van der Waals surface area contributed by atoms with E-state index in [1.807, 2.05) is 0 Å². The van der Waals surface area contributed by atoms with Gasteiger partial charge in [-0.1, -0.05) is 109 Å². The molecule has 0 spiro atoms. The van der Waals surface area contributed by atoms with E-state index in [9.17, 15) is 0 Å². The first-order valence-corrected chi connectivity index (χ1v) is 19.4. The molecule has 0 saturated heterocycles. The van der Waals surface area contributed by atoms with Gasteiger partial charge in [-0.3, -0.25) is 0 Å². The maximum atomic E-state index is 2.19. The fourth-order valence-electron chi connectivity index (χ4n) is 9.47. The first kappa shape index (κ1) is 29.3.